The molecule has 0 bridgehead atoms. The van der Waals surface area contributed by atoms with Gasteiger partial charge >= 0.3 is 0 Å². The number of hydrogen-bond acceptors (Lipinski definition) is 4. The van der Waals surface area contributed by atoms with Crippen molar-refractivity contribution in [3.05, 3.63) is 58.7 Å². The van der Waals surface area contributed by atoms with Gasteiger partial charge in [0, 0.05) is 5.41 Å². The Hall–Kier alpha value is -2.04. The lowest BCUT2D eigenvalue weighted by atomic mass is 9.71. The van der Waals surface area contributed by atoms with Gasteiger partial charge < -0.3 is 18.9 Å². The van der Waals surface area contributed by atoms with Crippen LogP contribution in [0.1, 0.15) is 88.5 Å². The highest BCUT2D eigenvalue weighted by molar-refractivity contribution is 5.49. The zero-order chi connectivity index (χ0) is 23.6. The maximum Gasteiger partial charge on any atom is 0.122 e. The van der Waals surface area contributed by atoms with E-state index >= 15 is 0 Å². The second-order valence-corrected chi connectivity index (χ2v) is 10.4. The molecule has 0 saturated carbocycles. The molecular formula is C29H40O4. The first-order valence-electron chi connectivity index (χ1n) is 12.6. The Morgan fingerprint density at radius 2 is 1.24 bits per heavy atom. The zero-order valence-corrected chi connectivity index (χ0v) is 21.1. The molecule has 33 heavy (non-hydrogen) atoms. The summed E-state index contributed by atoms with van der Waals surface area (Å²) in [5.41, 5.74) is 5.14. The van der Waals surface area contributed by atoms with E-state index < -0.39 is 0 Å². The normalized spacial score (nSPS) is 21.2. The van der Waals surface area contributed by atoms with Crippen molar-refractivity contribution in [3.63, 3.8) is 0 Å². The van der Waals surface area contributed by atoms with E-state index in [0.29, 0.717) is 25.0 Å². The lowest BCUT2D eigenvalue weighted by Gasteiger charge is -2.33. The molecule has 0 spiro atoms. The van der Waals surface area contributed by atoms with E-state index in [1.807, 2.05) is 0 Å². The second-order valence-electron chi connectivity index (χ2n) is 10.4. The van der Waals surface area contributed by atoms with Crippen LogP contribution in [0.3, 0.4) is 0 Å². The van der Waals surface area contributed by atoms with Gasteiger partial charge in [0.15, 0.2) is 0 Å². The first kappa shape index (κ1) is 24.1. The molecule has 2 atom stereocenters. The first-order chi connectivity index (χ1) is 15.8. The van der Waals surface area contributed by atoms with Gasteiger partial charge in [0.1, 0.15) is 36.9 Å². The molecular weight excluding hydrogens is 412 g/mol. The van der Waals surface area contributed by atoms with Crippen molar-refractivity contribution < 1.29 is 18.9 Å². The van der Waals surface area contributed by atoms with Gasteiger partial charge in [-0.15, -0.1) is 0 Å². The Morgan fingerprint density at radius 1 is 0.818 bits per heavy atom. The molecule has 0 N–H and O–H groups in total. The fourth-order valence-electron chi connectivity index (χ4n) is 4.60. The Labute approximate surface area is 199 Å². The van der Waals surface area contributed by atoms with Crippen LogP contribution in [0.5, 0.6) is 11.5 Å². The predicted octanol–water partition coefficient (Wildman–Crippen LogP) is 6.59. The van der Waals surface area contributed by atoms with E-state index in [2.05, 4.69) is 77.9 Å². The summed E-state index contributed by atoms with van der Waals surface area (Å²) in [6.07, 6.45) is 2.71. The monoisotopic (exact) mass is 452 g/mol. The topological polar surface area (TPSA) is 43.5 Å². The van der Waals surface area contributed by atoms with Gasteiger partial charge in [0.05, 0.1) is 13.2 Å². The van der Waals surface area contributed by atoms with Gasteiger partial charge in [0.25, 0.3) is 0 Å². The van der Waals surface area contributed by atoms with E-state index in [1.165, 1.54) is 22.3 Å². The van der Waals surface area contributed by atoms with Crippen LogP contribution in [0.4, 0.5) is 0 Å². The highest BCUT2D eigenvalue weighted by atomic mass is 16.6. The summed E-state index contributed by atoms with van der Waals surface area (Å²) in [6.45, 7) is 16.5. The molecule has 2 heterocycles. The van der Waals surface area contributed by atoms with E-state index in [1.54, 1.807) is 0 Å². The zero-order valence-electron chi connectivity index (χ0n) is 21.1. The van der Waals surface area contributed by atoms with E-state index in [0.717, 1.165) is 37.6 Å². The third-order valence-corrected chi connectivity index (χ3v) is 6.94. The predicted molar refractivity (Wildman–Crippen MR) is 133 cm³/mol. The molecule has 4 rings (SSSR count). The number of epoxide rings is 2. The van der Waals surface area contributed by atoms with Crippen LogP contribution in [0, 0.1) is 0 Å². The van der Waals surface area contributed by atoms with Crippen molar-refractivity contribution in [2.45, 2.75) is 83.8 Å². The average Bonchev–Trinajstić information content (AvgIpc) is 3.71. The largest absolute Gasteiger partial charge is 0.490 e. The molecule has 2 aromatic carbocycles. The molecule has 2 aliphatic heterocycles. The van der Waals surface area contributed by atoms with Crippen LogP contribution in [0.2, 0.25) is 0 Å². The van der Waals surface area contributed by atoms with Crippen molar-refractivity contribution in [3.8, 4) is 11.5 Å². The quantitative estimate of drug-likeness (QED) is 0.341. The van der Waals surface area contributed by atoms with E-state index in [9.17, 15) is 0 Å². The molecule has 2 fully saturated rings. The van der Waals surface area contributed by atoms with Crippen molar-refractivity contribution >= 4 is 0 Å². The second kappa shape index (κ2) is 10.1. The molecule has 2 aromatic rings. The number of benzene rings is 2. The fourth-order valence-corrected chi connectivity index (χ4v) is 4.60. The smallest absolute Gasteiger partial charge is 0.122 e. The summed E-state index contributed by atoms with van der Waals surface area (Å²) in [7, 11) is 0. The number of rotatable bonds is 12. The molecule has 0 aliphatic carbocycles. The van der Waals surface area contributed by atoms with E-state index in [-0.39, 0.29) is 17.6 Å². The molecule has 0 aromatic heterocycles. The summed E-state index contributed by atoms with van der Waals surface area (Å²) < 4.78 is 22.9. The van der Waals surface area contributed by atoms with Gasteiger partial charge in [-0.1, -0.05) is 72.2 Å². The first-order valence-corrected chi connectivity index (χ1v) is 12.6. The lowest BCUT2D eigenvalue weighted by Crippen LogP contribution is -2.24. The Kier molecular flexibility index (Phi) is 7.35. The Balaban J connectivity index is 1.67. The molecule has 4 nitrogen and oxygen atoms in total. The van der Waals surface area contributed by atoms with Gasteiger partial charge in [-0.05, 0) is 52.6 Å². The van der Waals surface area contributed by atoms with Crippen molar-refractivity contribution in [1.82, 2.24) is 0 Å². The summed E-state index contributed by atoms with van der Waals surface area (Å²) in [5, 5.41) is 0. The lowest BCUT2D eigenvalue weighted by molar-refractivity contribution is 0.260. The highest BCUT2D eigenvalue weighted by Gasteiger charge is 2.31. The minimum absolute atomic E-state index is 0.0850. The minimum Gasteiger partial charge on any atom is -0.490 e. The van der Waals surface area contributed by atoms with Crippen molar-refractivity contribution in [1.29, 1.82) is 0 Å². The van der Waals surface area contributed by atoms with Gasteiger partial charge in [-0.2, -0.15) is 0 Å². The molecule has 4 heteroatoms. The fraction of sp³-hybridized carbons (Fsp3) is 0.586. The third-order valence-electron chi connectivity index (χ3n) is 6.94. The highest BCUT2D eigenvalue weighted by Crippen LogP contribution is 2.42. The molecule has 2 saturated heterocycles. The Morgan fingerprint density at radius 3 is 1.58 bits per heavy atom. The molecule has 2 aliphatic rings. The number of ether oxygens (including phenoxy) is 4. The van der Waals surface area contributed by atoms with Crippen LogP contribution in [0.15, 0.2) is 36.4 Å². The standard InChI is InChI=1S/C29H40O4/c1-7-12-29(6,21-8-10-27(25(13-21)19(2)3)32-17-23-15-30-23)22-9-11-28(26(14-22)20(4)5)33-18-24-16-31-24/h8-11,13-14,19-20,23-24H,7,12,15-18H2,1-6H3. The van der Waals surface area contributed by atoms with Crippen LogP contribution in [0.25, 0.3) is 0 Å². The van der Waals surface area contributed by atoms with Gasteiger partial charge in [-0.3, -0.25) is 0 Å². The average molecular weight is 453 g/mol. The SMILES string of the molecule is CCCC(C)(c1ccc(OCC2CO2)c(C(C)C)c1)c1ccc(OCC2CO2)c(C(C)C)c1. The van der Waals surface area contributed by atoms with Crippen LogP contribution >= 0.6 is 0 Å². The van der Waals surface area contributed by atoms with Crippen LogP contribution in [-0.2, 0) is 14.9 Å². The number of hydrogen-bond donors (Lipinski definition) is 0. The van der Waals surface area contributed by atoms with E-state index in [4.69, 9.17) is 18.9 Å². The summed E-state index contributed by atoms with van der Waals surface area (Å²) in [4.78, 5) is 0. The van der Waals surface area contributed by atoms with Crippen LogP contribution in [-0.4, -0.2) is 38.6 Å². The summed E-state index contributed by atoms with van der Waals surface area (Å²) in [5.74, 6) is 2.74. The molecule has 0 radical (unpaired) electrons. The molecule has 0 amide bonds. The molecule has 2 unspecified atom stereocenters. The summed E-state index contributed by atoms with van der Waals surface area (Å²) in [6, 6.07) is 13.6. The summed E-state index contributed by atoms with van der Waals surface area (Å²) >= 11 is 0. The van der Waals surface area contributed by atoms with Gasteiger partial charge in [0.2, 0.25) is 0 Å². The Bertz CT molecular complexity index is 869. The van der Waals surface area contributed by atoms with Gasteiger partial charge in [-0.25, -0.2) is 0 Å². The maximum absolute atomic E-state index is 6.12. The maximum atomic E-state index is 6.12. The van der Waals surface area contributed by atoms with Crippen molar-refractivity contribution in [2.24, 2.45) is 0 Å². The van der Waals surface area contributed by atoms with Crippen molar-refractivity contribution in [2.75, 3.05) is 26.4 Å². The van der Waals surface area contributed by atoms with Crippen LogP contribution < -0.4 is 9.47 Å². The third kappa shape index (κ3) is 5.73. The molecule has 180 valence electrons. The minimum atomic E-state index is -0.0850.